The Labute approximate surface area is 106 Å². The minimum atomic E-state index is 0.411. The van der Waals surface area contributed by atoms with Crippen molar-refractivity contribution in [2.45, 2.75) is 44.7 Å². The van der Waals surface area contributed by atoms with Crippen LogP contribution in [0.25, 0.3) is 0 Å². The van der Waals surface area contributed by atoms with Crippen molar-refractivity contribution in [2.75, 3.05) is 5.73 Å². The normalized spacial score (nSPS) is 18.1. The summed E-state index contributed by atoms with van der Waals surface area (Å²) in [7, 11) is 0. The molecule has 3 N–H and O–H groups in total. The van der Waals surface area contributed by atoms with E-state index in [1.54, 1.807) is 0 Å². The molecule has 2 nitrogen and oxygen atoms in total. The van der Waals surface area contributed by atoms with Gasteiger partial charge in [0.05, 0.1) is 0 Å². The largest absolute Gasteiger partial charge is 0.398 e. The summed E-state index contributed by atoms with van der Waals surface area (Å²) in [6, 6.07) is 6.15. The smallest absolute Gasteiger partial charge is 0.0458 e. The van der Waals surface area contributed by atoms with Gasteiger partial charge in [0.15, 0.2) is 0 Å². The molecule has 2 rings (SSSR count). The fourth-order valence-electron chi connectivity index (χ4n) is 2.23. The van der Waals surface area contributed by atoms with E-state index in [4.69, 9.17) is 5.73 Å². The third-order valence-corrected chi connectivity index (χ3v) is 4.41. The van der Waals surface area contributed by atoms with Crippen molar-refractivity contribution in [2.24, 2.45) is 0 Å². The lowest BCUT2D eigenvalue weighted by atomic mass is 9.75. The Morgan fingerprint density at radius 2 is 2.19 bits per heavy atom. The first kappa shape index (κ1) is 11.9. The summed E-state index contributed by atoms with van der Waals surface area (Å²) < 4.78 is 0.992. The lowest BCUT2D eigenvalue weighted by molar-refractivity contribution is 0.175. The minimum absolute atomic E-state index is 0.411. The first-order valence-electron chi connectivity index (χ1n) is 5.94. The molecule has 0 amide bonds. The van der Waals surface area contributed by atoms with Crippen LogP contribution in [0.4, 0.5) is 5.69 Å². The standard InChI is InChI=1S/C13H19BrN2/c1-2-13(6-3-7-13)16-9-10-4-5-12(15)11(14)8-10/h4-5,8,16H,2-3,6-7,9,15H2,1H3. The van der Waals surface area contributed by atoms with Gasteiger partial charge in [0.2, 0.25) is 0 Å². The van der Waals surface area contributed by atoms with Gasteiger partial charge in [-0.3, -0.25) is 0 Å². The van der Waals surface area contributed by atoms with E-state index < -0.39 is 0 Å². The van der Waals surface area contributed by atoms with Crippen LogP contribution in [-0.2, 0) is 6.54 Å². The van der Waals surface area contributed by atoms with Gasteiger partial charge < -0.3 is 11.1 Å². The molecule has 1 aliphatic carbocycles. The van der Waals surface area contributed by atoms with E-state index in [-0.39, 0.29) is 0 Å². The average Bonchev–Trinajstić information content (AvgIpc) is 2.22. The first-order valence-corrected chi connectivity index (χ1v) is 6.73. The summed E-state index contributed by atoms with van der Waals surface area (Å²) in [6.45, 7) is 3.21. The Balaban J connectivity index is 1.96. The Morgan fingerprint density at radius 3 is 2.69 bits per heavy atom. The fraction of sp³-hybridized carbons (Fsp3) is 0.538. The number of nitrogens with one attached hydrogen (secondary N) is 1. The maximum atomic E-state index is 5.77. The van der Waals surface area contributed by atoms with Crippen molar-refractivity contribution in [3.8, 4) is 0 Å². The average molecular weight is 283 g/mol. The second-order valence-corrected chi connectivity index (χ2v) is 5.55. The summed E-state index contributed by atoms with van der Waals surface area (Å²) in [5.74, 6) is 0. The maximum absolute atomic E-state index is 5.77. The molecule has 1 saturated carbocycles. The number of nitrogens with two attached hydrogens (primary N) is 1. The number of hydrogen-bond donors (Lipinski definition) is 2. The molecule has 0 saturated heterocycles. The number of benzene rings is 1. The summed E-state index contributed by atoms with van der Waals surface area (Å²) >= 11 is 3.46. The number of anilines is 1. The third kappa shape index (κ3) is 2.41. The Bertz CT molecular complexity index is 367. The molecule has 1 fully saturated rings. The molecule has 0 spiro atoms. The topological polar surface area (TPSA) is 38.0 Å². The summed E-state index contributed by atoms with van der Waals surface area (Å²) in [5, 5.41) is 3.68. The monoisotopic (exact) mass is 282 g/mol. The first-order chi connectivity index (χ1) is 7.65. The highest BCUT2D eigenvalue weighted by Crippen LogP contribution is 2.35. The molecule has 0 heterocycles. The van der Waals surface area contributed by atoms with Crippen molar-refractivity contribution < 1.29 is 0 Å². The van der Waals surface area contributed by atoms with Gasteiger partial charge >= 0.3 is 0 Å². The van der Waals surface area contributed by atoms with Crippen LogP contribution in [0.2, 0.25) is 0 Å². The van der Waals surface area contributed by atoms with Crippen molar-refractivity contribution in [3.63, 3.8) is 0 Å². The summed E-state index contributed by atoms with van der Waals surface area (Å²) in [6.07, 6.45) is 5.23. The predicted octanol–water partition coefficient (Wildman–Crippen LogP) is 3.45. The van der Waals surface area contributed by atoms with E-state index in [0.717, 1.165) is 16.7 Å². The van der Waals surface area contributed by atoms with E-state index in [0.29, 0.717) is 5.54 Å². The van der Waals surface area contributed by atoms with Gasteiger partial charge in [-0.05, 0) is 59.3 Å². The third-order valence-electron chi connectivity index (χ3n) is 3.72. The lowest BCUT2D eigenvalue weighted by Crippen LogP contribution is -2.49. The molecule has 1 aliphatic rings. The van der Waals surface area contributed by atoms with E-state index in [1.165, 1.54) is 31.2 Å². The van der Waals surface area contributed by atoms with Gasteiger partial charge in [-0.15, -0.1) is 0 Å². The zero-order valence-electron chi connectivity index (χ0n) is 9.72. The summed E-state index contributed by atoms with van der Waals surface area (Å²) in [4.78, 5) is 0. The van der Waals surface area contributed by atoms with E-state index >= 15 is 0 Å². The molecular weight excluding hydrogens is 264 g/mol. The molecule has 88 valence electrons. The molecule has 0 radical (unpaired) electrons. The molecule has 0 bridgehead atoms. The second-order valence-electron chi connectivity index (χ2n) is 4.70. The fourth-order valence-corrected chi connectivity index (χ4v) is 2.66. The van der Waals surface area contributed by atoms with Gasteiger partial charge in [0, 0.05) is 22.2 Å². The van der Waals surface area contributed by atoms with Crippen LogP contribution in [0.5, 0.6) is 0 Å². The lowest BCUT2D eigenvalue weighted by Gasteiger charge is -2.42. The van der Waals surface area contributed by atoms with E-state index in [9.17, 15) is 0 Å². The quantitative estimate of drug-likeness (QED) is 0.830. The SMILES string of the molecule is CCC1(NCc2ccc(N)c(Br)c2)CCC1. The molecule has 0 unspecified atom stereocenters. The van der Waals surface area contributed by atoms with Gasteiger partial charge in [-0.1, -0.05) is 13.0 Å². The number of nitrogen functional groups attached to an aromatic ring is 1. The highest BCUT2D eigenvalue weighted by molar-refractivity contribution is 9.10. The minimum Gasteiger partial charge on any atom is -0.398 e. The molecule has 0 atom stereocenters. The van der Waals surface area contributed by atoms with Crippen LogP contribution in [0.3, 0.4) is 0 Å². The zero-order chi connectivity index (χ0) is 11.6. The van der Waals surface area contributed by atoms with Crippen molar-refractivity contribution in [1.29, 1.82) is 0 Å². The van der Waals surface area contributed by atoms with E-state index in [1.807, 2.05) is 6.07 Å². The number of hydrogen-bond acceptors (Lipinski definition) is 2. The van der Waals surface area contributed by atoms with Crippen molar-refractivity contribution in [3.05, 3.63) is 28.2 Å². The maximum Gasteiger partial charge on any atom is 0.0458 e. The second kappa shape index (κ2) is 4.76. The Hall–Kier alpha value is -0.540. The molecule has 16 heavy (non-hydrogen) atoms. The van der Waals surface area contributed by atoms with Crippen molar-refractivity contribution in [1.82, 2.24) is 5.32 Å². The number of halogens is 1. The van der Waals surface area contributed by atoms with Gasteiger partial charge in [-0.2, -0.15) is 0 Å². The van der Waals surface area contributed by atoms with Gasteiger partial charge in [-0.25, -0.2) is 0 Å². The predicted molar refractivity (Wildman–Crippen MR) is 72.3 cm³/mol. The zero-order valence-corrected chi connectivity index (χ0v) is 11.3. The van der Waals surface area contributed by atoms with Crippen LogP contribution in [0.15, 0.2) is 22.7 Å². The van der Waals surface area contributed by atoms with E-state index in [2.05, 4.69) is 40.3 Å². The highest BCUT2D eigenvalue weighted by Gasteiger charge is 2.34. The van der Waals surface area contributed by atoms with Crippen molar-refractivity contribution >= 4 is 21.6 Å². The van der Waals surface area contributed by atoms with Crippen LogP contribution in [-0.4, -0.2) is 5.54 Å². The van der Waals surface area contributed by atoms with Crippen LogP contribution < -0.4 is 11.1 Å². The van der Waals surface area contributed by atoms with Gasteiger partial charge in [0.1, 0.15) is 0 Å². The molecule has 0 aliphatic heterocycles. The molecule has 1 aromatic carbocycles. The molecule has 3 heteroatoms. The Morgan fingerprint density at radius 1 is 1.44 bits per heavy atom. The molecule has 0 aromatic heterocycles. The molecule has 1 aromatic rings. The van der Waals surface area contributed by atoms with Crippen LogP contribution >= 0.6 is 15.9 Å². The highest BCUT2D eigenvalue weighted by atomic mass is 79.9. The molecular formula is C13H19BrN2. The summed E-state index contributed by atoms with van der Waals surface area (Å²) in [5.41, 5.74) is 8.27. The number of rotatable bonds is 4. The van der Waals surface area contributed by atoms with Crippen LogP contribution in [0, 0.1) is 0 Å². The van der Waals surface area contributed by atoms with Gasteiger partial charge in [0.25, 0.3) is 0 Å². The van der Waals surface area contributed by atoms with Crippen LogP contribution in [0.1, 0.15) is 38.2 Å². The Kier molecular flexibility index (Phi) is 3.55.